The minimum atomic E-state index is -1.53. The maximum absolute atomic E-state index is 12.8. The molecule has 2 fully saturated rings. The first-order valence-corrected chi connectivity index (χ1v) is 10.2. The van der Waals surface area contributed by atoms with Gasteiger partial charge in [0.1, 0.15) is 5.60 Å². The zero-order chi connectivity index (χ0) is 21.5. The molecule has 0 aliphatic heterocycles. The number of fused-ring (bicyclic) bond motifs is 5. The van der Waals surface area contributed by atoms with Gasteiger partial charge in [-0.2, -0.15) is 0 Å². The van der Waals surface area contributed by atoms with E-state index >= 15 is 0 Å². The summed E-state index contributed by atoms with van der Waals surface area (Å²) in [6.45, 7) is 6.12. The van der Waals surface area contributed by atoms with Gasteiger partial charge in [0.25, 0.3) is 0 Å². The van der Waals surface area contributed by atoms with Crippen LogP contribution in [0.1, 0.15) is 34.1 Å². The zero-order valence-electron chi connectivity index (χ0n) is 17.3. The molecule has 160 valence electrons. The van der Waals surface area contributed by atoms with Crippen LogP contribution in [0.4, 0.5) is 0 Å². The molecule has 0 aromatic heterocycles. The van der Waals surface area contributed by atoms with Crippen molar-refractivity contribution >= 4 is 11.8 Å². The van der Waals surface area contributed by atoms with Crippen LogP contribution in [-0.2, 0) is 14.3 Å². The standard InChI is InChI=1S/C22H30O7/c1-10-5-15-14(17(10)25)6-13(8-23)7-16-18-20(4,9-29-12(3)24)22(18,28)19(26)11(2)21(15,16)27/h5,7,11,14-16,18-19,23,26-28H,6,8-9H2,1-4H3/t11-,14+,15-,16+,18-,19-,20-,21+,22-/m1/s1. The number of ether oxygens (including phenoxy) is 1. The number of esters is 1. The zero-order valence-corrected chi connectivity index (χ0v) is 17.3. The average Bonchev–Trinajstić information content (AvgIpc) is 3.08. The summed E-state index contributed by atoms with van der Waals surface area (Å²) < 4.78 is 5.20. The van der Waals surface area contributed by atoms with Gasteiger partial charge >= 0.3 is 5.97 Å². The van der Waals surface area contributed by atoms with Gasteiger partial charge in [-0.25, -0.2) is 0 Å². The van der Waals surface area contributed by atoms with Gasteiger partial charge in [0.15, 0.2) is 5.78 Å². The lowest BCUT2D eigenvalue weighted by Gasteiger charge is -2.50. The Morgan fingerprint density at radius 1 is 1.28 bits per heavy atom. The van der Waals surface area contributed by atoms with Gasteiger partial charge in [-0.3, -0.25) is 9.59 Å². The fourth-order valence-corrected chi connectivity index (χ4v) is 6.65. The number of Topliss-reactive ketones (excluding diaryl/α,β-unsaturated/α-hetero) is 1. The molecule has 0 heterocycles. The minimum Gasteiger partial charge on any atom is -0.465 e. The molecule has 0 unspecified atom stereocenters. The van der Waals surface area contributed by atoms with E-state index in [2.05, 4.69) is 0 Å². The summed E-state index contributed by atoms with van der Waals surface area (Å²) in [6.07, 6.45) is 2.66. The molecule has 4 N–H and O–H groups in total. The summed E-state index contributed by atoms with van der Waals surface area (Å²) in [5, 5.41) is 44.5. The minimum absolute atomic E-state index is 0.0515. The summed E-state index contributed by atoms with van der Waals surface area (Å²) in [4.78, 5) is 24.1. The molecular formula is C22H30O7. The lowest BCUT2D eigenvalue weighted by molar-refractivity contribution is -0.192. The van der Waals surface area contributed by atoms with Crippen molar-refractivity contribution in [3.05, 3.63) is 23.3 Å². The number of rotatable bonds is 3. The average molecular weight is 406 g/mol. The predicted octanol–water partition coefficient (Wildman–Crippen LogP) is 0.358. The summed E-state index contributed by atoms with van der Waals surface area (Å²) >= 11 is 0. The van der Waals surface area contributed by atoms with Gasteiger partial charge in [0.05, 0.1) is 24.9 Å². The molecule has 0 bridgehead atoms. The first-order valence-electron chi connectivity index (χ1n) is 10.2. The van der Waals surface area contributed by atoms with Crippen LogP contribution < -0.4 is 0 Å². The Balaban J connectivity index is 1.85. The molecule has 0 radical (unpaired) electrons. The number of aliphatic hydroxyl groups is 4. The molecule has 0 aromatic rings. The second-order valence-corrected chi connectivity index (χ2v) is 9.68. The van der Waals surface area contributed by atoms with Crippen molar-refractivity contribution in [3.8, 4) is 0 Å². The van der Waals surface area contributed by atoms with E-state index < -0.39 is 58.3 Å². The second kappa shape index (κ2) is 6.23. The lowest BCUT2D eigenvalue weighted by atomic mass is 9.60. The number of hydrogen-bond donors (Lipinski definition) is 4. The maximum Gasteiger partial charge on any atom is 0.302 e. The molecule has 4 aliphatic rings. The monoisotopic (exact) mass is 406 g/mol. The van der Waals surface area contributed by atoms with E-state index in [1.807, 2.05) is 0 Å². The summed E-state index contributed by atoms with van der Waals surface area (Å²) in [6, 6.07) is 0. The highest BCUT2D eigenvalue weighted by molar-refractivity contribution is 5.99. The van der Waals surface area contributed by atoms with Gasteiger partial charge in [-0.1, -0.05) is 26.0 Å². The Kier molecular flexibility index (Phi) is 4.45. The number of ketones is 1. The molecule has 0 aromatic carbocycles. The number of hydrogen-bond acceptors (Lipinski definition) is 7. The highest BCUT2D eigenvalue weighted by Gasteiger charge is 2.85. The summed E-state index contributed by atoms with van der Waals surface area (Å²) in [5.74, 6) is -3.46. The Labute approximate surface area is 170 Å². The largest absolute Gasteiger partial charge is 0.465 e. The van der Waals surface area contributed by atoms with Gasteiger partial charge in [0.2, 0.25) is 0 Å². The molecule has 4 rings (SSSR count). The van der Waals surface area contributed by atoms with E-state index in [9.17, 15) is 30.0 Å². The molecule has 0 saturated heterocycles. The first kappa shape index (κ1) is 20.7. The van der Waals surface area contributed by atoms with Gasteiger partial charge < -0.3 is 25.2 Å². The molecule has 2 saturated carbocycles. The first-order chi connectivity index (χ1) is 13.4. The third-order valence-corrected chi connectivity index (χ3v) is 8.34. The van der Waals surface area contributed by atoms with Crippen LogP contribution in [0.5, 0.6) is 0 Å². The van der Waals surface area contributed by atoms with Crippen molar-refractivity contribution in [2.45, 2.75) is 51.4 Å². The van der Waals surface area contributed by atoms with Crippen LogP contribution in [0.3, 0.4) is 0 Å². The van der Waals surface area contributed by atoms with Crippen molar-refractivity contribution in [1.82, 2.24) is 0 Å². The van der Waals surface area contributed by atoms with Gasteiger partial charge in [-0.15, -0.1) is 0 Å². The summed E-state index contributed by atoms with van der Waals surface area (Å²) in [5.41, 5.74) is -2.73. The third-order valence-electron chi connectivity index (χ3n) is 8.34. The topological polar surface area (TPSA) is 124 Å². The highest BCUT2D eigenvalue weighted by Crippen LogP contribution is 2.74. The van der Waals surface area contributed by atoms with E-state index in [1.165, 1.54) is 6.92 Å². The molecular weight excluding hydrogens is 376 g/mol. The van der Waals surface area contributed by atoms with Crippen LogP contribution in [0.15, 0.2) is 23.3 Å². The molecule has 0 amide bonds. The normalized spacial score (nSPS) is 50.6. The molecule has 7 heteroatoms. The van der Waals surface area contributed by atoms with E-state index in [-0.39, 0.29) is 19.0 Å². The Morgan fingerprint density at radius 2 is 1.93 bits per heavy atom. The fourth-order valence-electron chi connectivity index (χ4n) is 6.65. The second-order valence-electron chi connectivity index (χ2n) is 9.68. The highest BCUT2D eigenvalue weighted by atomic mass is 16.5. The van der Waals surface area contributed by atoms with Crippen molar-refractivity contribution in [3.63, 3.8) is 0 Å². The van der Waals surface area contributed by atoms with Crippen LogP contribution in [0.25, 0.3) is 0 Å². The third kappa shape index (κ3) is 2.39. The Bertz CT molecular complexity index is 831. The Morgan fingerprint density at radius 3 is 2.52 bits per heavy atom. The van der Waals surface area contributed by atoms with Crippen molar-refractivity contribution in [1.29, 1.82) is 0 Å². The van der Waals surface area contributed by atoms with E-state index in [4.69, 9.17) is 4.74 Å². The van der Waals surface area contributed by atoms with E-state index in [1.54, 1.807) is 32.9 Å². The number of carbonyl (C=O) groups is 2. The fraction of sp³-hybridized carbons (Fsp3) is 0.727. The maximum atomic E-state index is 12.8. The quantitative estimate of drug-likeness (QED) is 0.394. The van der Waals surface area contributed by atoms with Crippen LogP contribution in [0, 0.1) is 35.0 Å². The lowest BCUT2D eigenvalue weighted by Crippen LogP contribution is -2.62. The molecule has 7 nitrogen and oxygen atoms in total. The van der Waals surface area contributed by atoms with Crippen molar-refractivity contribution in [2.24, 2.45) is 35.0 Å². The van der Waals surface area contributed by atoms with Crippen LogP contribution in [-0.4, -0.2) is 62.7 Å². The van der Waals surface area contributed by atoms with Gasteiger partial charge in [0, 0.05) is 41.9 Å². The molecule has 0 spiro atoms. The number of carbonyl (C=O) groups excluding carboxylic acids is 2. The number of aliphatic hydroxyl groups excluding tert-OH is 2. The summed E-state index contributed by atoms with van der Waals surface area (Å²) in [7, 11) is 0. The Hall–Kier alpha value is -1.54. The van der Waals surface area contributed by atoms with E-state index in [0.29, 0.717) is 17.6 Å². The number of allylic oxidation sites excluding steroid dienone is 1. The molecule has 29 heavy (non-hydrogen) atoms. The molecule has 9 atom stereocenters. The van der Waals surface area contributed by atoms with Gasteiger partial charge in [-0.05, 0) is 24.5 Å². The van der Waals surface area contributed by atoms with Crippen LogP contribution >= 0.6 is 0 Å². The smallest absolute Gasteiger partial charge is 0.302 e. The molecule has 4 aliphatic carbocycles. The van der Waals surface area contributed by atoms with Crippen molar-refractivity contribution < 1.29 is 34.8 Å². The SMILES string of the molecule is CC(=O)OC[C@]1(C)[C@H]2[C@@H]3C=C(CO)C[C@@H]4C(=O)C(C)=C[C@H]4[C@@]3(O)[C@H](C)[C@@H](O)[C@]21O. The van der Waals surface area contributed by atoms with E-state index in [0.717, 1.165) is 0 Å². The van der Waals surface area contributed by atoms with Crippen LogP contribution in [0.2, 0.25) is 0 Å². The predicted molar refractivity (Wildman–Crippen MR) is 102 cm³/mol. The van der Waals surface area contributed by atoms with Crippen molar-refractivity contribution in [2.75, 3.05) is 13.2 Å².